The summed E-state index contributed by atoms with van der Waals surface area (Å²) in [5, 5.41) is 40.8. The minimum Gasteiger partial charge on any atom is -0.394 e. The molecule has 1 aliphatic heterocycles. The third-order valence-electron chi connectivity index (χ3n) is 7.90. The first-order valence-electron chi connectivity index (χ1n) is 13.6. The Morgan fingerprint density at radius 1 is 1.16 bits per heavy atom. The summed E-state index contributed by atoms with van der Waals surface area (Å²) < 4.78 is 41.7. The van der Waals surface area contributed by atoms with Gasteiger partial charge in [0.25, 0.3) is 5.91 Å². The molecule has 15 heteroatoms. The number of amides is 1. The van der Waals surface area contributed by atoms with Crippen LogP contribution in [-0.4, -0.2) is 86.5 Å². The molecule has 43 heavy (non-hydrogen) atoms. The fourth-order valence-corrected chi connectivity index (χ4v) is 6.64. The Labute approximate surface area is 264 Å². The second-order valence-corrected chi connectivity index (χ2v) is 12.2. The van der Waals surface area contributed by atoms with Crippen LogP contribution in [0.25, 0.3) is 11.3 Å². The van der Waals surface area contributed by atoms with Gasteiger partial charge in [0.2, 0.25) is 0 Å². The van der Waals surface area contributed by atoms with Crippen molar-refractivity contribution in [2.24, 2.45) is 0 Å². The highest BCUT2D eigenvalue weighted by Gasteiger charge is 2.52. The number of rotatable bonds is 7. The Morgan fingerprint density at radius 2 is 1.86 bits per heavy atom. The number of anilines is 1. The third-order valence-corrected chi connectivity index (χ3v) is 8.95. The molecule has 1 aromatic heterocycles. The first-order chi connectivity index (χ1) is 20.5. The summed E-state index contributed by atoms with van der Waals surface area (Å²) in [6.45, 7) is -0.666. The Hall–Kier alpha value is -2.23. The van der Waals surface area contributed by atoms with Crippen LogP contribution in [0.2, 0.25) is 10.0 Å². The highest BCUT2D eigenvalue weighted by atomic mass is 79.9. The maximum absolute atomic E-state index is 14.7. The highest BCUT2D eigenvalue weighted by molar-refractivity contribution is 9.10. The molecule has 1 amide bonds. The predicted molar refractivity (Wildman–Crippen MR) is 157 cm³/mol. The van der Waals surface area contributed by atoms with Crippen LogP contribution in [0.1, 0.15) is 31.7 Å². The SMILES string of the molecule is CO[C@@H]1[C@@H](n2cc(-c3ccc(Br)c(F)c3F)nn2)[C@@H](O)[C@@H](CO)O[C@H]1C(=O)N(c1cc(Cl)cc(Cl)c1)[C@H]1CCCC[C@@H]1O. The maximum atomic E-state index is 14.7. The van der Waals surface area contributed by atoms with E-state index in [1.807, 2.05) is 0 Å². The lowest BCUT2D eigenvalue weighted by Gasteiger charge is -2.46. The van der Waals surface area contributed by atoms with E-state index < -0.39 is 66.8 Å². The predicted octanol–water partition coefficient (Wildman–Crippen LogP) is 4.31. The van der Waals surface area contributed by atoms with Crippen molar-refractivity contribution in [3.63, 3.8) is 0 Å². The molecule has 1 saturated heterocycles. The molecule has 0 spiro atoms. The van der Waals surface area contributed by atoms with Gasteiger partial charge in [0.15, 0.2) is 17.7 Å². The van der Waals surface area contributed by atoms with Gasteiger partial charge in [0, 0.05) is 28.4 Å². The highest BCUT2D eigenvalue weighted by Crippen LogP contribution is 2.38. The van der Waals surface area contributed by atoms with Crippen LogP contribution in [0.5, 0.6) is 0 Å². The van der Waals surface area contributed by atoms with Gasteiger partial charge < -0.3 is 29.7 Å². The van der Waals surface area contributed by atoms with Crippen molar-refractivity contribution in [3.8, 4) is 11.3 Å². The number of methoxy groups -OCH3 is 1. The number of aliphatic hydroxyl groups excluding tert-OH is 3. The second kappa shape index (κ2) is 13.4. The average molecular weight is 706 g/mol. The van der Waals surface area contributed by atoms with Crippen molar-refractivity contribution in [2.75, 3.05) is 18.6 Å². The number of hydrogen-bond donors (Lipinski definition) is 3. The van der Waals surface area contributed by atoms with E-state index in [9.17, 15) is 28.9 Å². The molecule has 2 heterocycles. The van der Waals surface area contributed by atoms with Crippen molar-refractivity contribution in [1.29, 1.82) is 0 Å². The molecule has 10 nitrogen and oxygen atoms in total. The summed E-state index contributed by atoms with van der Waals surface area (Å²) in [4.78, 5) is 15.8. The molecule has 1 aliphatic carbocycles. The number of halogens is 5. The van der Waals surface area contributed by atoms with Crippen LogP contribution in [0.3, 0.4) is 0 Å². The van der Waals surface area contributed by atoms with E-state index in [0.29, 0.717) is 18.5 Å². The zero-order valence-electron chi connectivity index (χ0n) is 22.8. The van der Waals surface area contributed by atoms with Crippen LogP contribution < -0.4 is 4.90 Å². The summed E-state index contributed by atoms with van der Waals surface area (Å²) in [6, 6.07) is 5.43. The lowest BCUT2D eigenvalue weighted by atomic mass is 9.88. The van der Waals surface area contributed by atoms with Gasteiger partial charge in [0.05, 0.1) is 29.4 Å². The van der Waals surface area contributed by atoms with Crippen LogP contribution in [-0.2, 0) is 14.3 Å². The van der Waals surface area contributed by atoms with Gasteiger partial charge in [-0.25, -0.2) is 13.5 Å². The zero-order chi connectivity index (χ0) is 31.0. The van der Waals surface area contributed by atoms with Crippen molar-refractivity contribution >= 4 is 50.7 Å². The molecule has 1 saturated carbocycles. The van der Waals surface area contributed by atoms with Crippen LogP contribution in [0.15, 0.2) is 41.0 Å². The summed E-state index contributed by atoms with van der Waals surface area (Å²) in [5.41, 5.74) is 0.108. The number of benzene rings is 2. The van der Waals surface area contributed by atoms with Crippen molar-refractivity contribution in [2.45, 2.75) is 68.3 Å². The lowest BCUT2D eigenvalue weighted by molar-refractivity contribution is -0.211. The minimum atomic E-state index is -1.45. The number of aliphatic hydroxyl groups is 3. The molecular weight excluding hydrogens is 677 g/mol. The van der Waals surface area contributed by atoms with Crippen molar-refractivity contribution in [1.82, 2.24) is 15.0 Å². The summed E-state index contributed by atoms with van der Waals surface area (Å²) in [6.07, 6.45) is -2.41. The van der Waals surface area contributed by atoms with E-state index in [-0.39, 0.29) is 25.8 Å². The number of ether oxygens (including phenoxy) is 2. The van der Waals surface area contributed by atoms with Gasteiger partial charge >= 0.3 is 0 Å². The van der Waals surface area contributed by atoms with Gasteiger partial charge in [-0.2, -0.15) is 0 Å². The molecule has 0 bridgehead atoms. The summed E-state index contributed by atoms with van der Waals surface area (Å²) >= 11 is 15.5. The normalized spacial score (nSPS) is 27.7. The fourth-order valence-electron chi connectivity index (χ4n) is 5.82. The Balaban J connectivity index is 1.55. The Morgan fingerprint density at radius 3 is 2.51 bits per heavy atom. The minimum absolute atomic E-state index is 0.0404. The number of carbonyl (C=O) groups excluding carboxylic acids is 1. The molecule has 3 N–H and O–H groups in total. The number of hydrogen-bond acceptors (Lipinski definition) is 8. The Bertz CT molecular complexity index is 1460. The molecule has 0 unspecified atom stereocenters. The average Bonchev–Trinajstić information content (AvgIpc) is 3.45. The van der Waals surface area contributed by atoms with Crippen LogP contribution >= 0.6 is 39.1 Å². The van der Waals surface area contributed by atoms with E-state index >= 15 is 0 Å². The number of nitrogens with zero attached hydrogens (tertiary/aromatic N) is 4. The molecule has 2 aliphatic rings. The standard InChI is InChI=1S/C28H29BrCl2F2N4O6/c1-42-26-24(36-11-18(34-35-36)16-6-7-17(29)23(33)22(16)32)25(40)21(12-38)43-27(26)28(41)37(19-4-2-3-5-20(19)39)15-9-13(30)8-14(31)10-15/h6-11,19-21,24-27,38-40H,2-5,12H2,1H3/t19-,20-,21+,24-,25-,26+,27+/m0/s1. The molecule has 5 rings (SSSR count). The van der Waals surface area contributed by atoms with E-state index in [1.54, 1.807) is 12.1 Å². The number of aromatic nitrogens is 3. The van der Waals surface area contributed by atoms with Crippen molar-refractivity contribution in [3.05, 3.63) is 62.7 Å². The van der Waals surface area contributed by atoms with Crippen LogP contribution in [0.4, 0.5) is 14.5 Å². The summed E-state index contributed by atoms with van der Waals surface area (Å²) in [5.74, 6) is -2.89. The lowest BCUT2D eigenvalue weighted by Crippen LogP contribution is -2.63. The number of carbonyl (C=O) groups is 1. The van der Waals surface area contributed by atoms with Gasteiger partial charge in [-0.15, -0.1) is 5.10 Å². The molecular formula is C28H29BrCl2F2N4O6. The van der Waals surface area contributed by atoms with Gasteiger partial charge in [-0.1, -0.05) is 41.3 Å². The summed E-state index contributed by atoms with van der Waals surface area (Å²) in [7, 11) is 1.31. The monoisotopic (exact) mass is 704 g/mol. The molecule has 3 aromatic rings. The third kappa shape index (κ3) is 6.32. The smallest absolute Gasteiger partial charge is 0.259 e. The van der Waals surface area contributed by atoms with Gasteiger partial charge in [-0.05, 0) is 59.1 Å². The molecule has 7 atom stereocenters. The van der Waals surface area contributed by atoms with E-state index in [0.717, 1.165) is 12.8 Å². The zero-order valence-corrected chi connectivity index (χ0v) is 25.9. The van der Waals surface area contributed by atoms with E-state index in [4.69, 9.17) is 32.7 Å². The van der Waals surface area contributed by atoms with Crippen LogP contribution in [0, 0.1) is 11.6 Å². The van der Waals surface area contributed by atoms with E-state index in [2.05, 4.69) is 26.2 Å². The maximum Gasteiger partial charge on any atom is 0.259 e. The molecule has 2 aromatic carbocycles. The first kappa shape index (κ1) is 32.2. The Kier molecular flexibility index (Phi) is 10.0. The second-order valence-electron chi connectivity index (χ2n) is 10.5. The molecule has 0 radical (unpaired) electrons. The topological polar surface area (TPSA) is 130 Å². The first-order valence-corrected chi connectivity index (χ1v) is 15.1. The quantitative estimate of drug-likeness (QED) is 0.311. The largest absolute Gasteiger partial charge is 0.394 e. The van der Waals surface area contributed by atoms with E-state index in [1.165, 1.54) is 41.1 Å². The molecule has 2 fully saturated rings. The van der Waals surface area contributed by atoms with Gasteiger partial charge in [0.1, 0.15) is 30.0 Å². The molecule has 232 valence electrons. The fraction of sp³-hybridized carbons (Fsp3) is 0.464. The van der Waals surface area contributed by atoms with Crippen molar-refractivity contribution < 1.29 is 38.4 Å². The van der Waals surface area contributed by atoms with Gasteiger partial charge in [-0.3, -0.25) is 4.79 Å².